The van der Waals surface area contributed by atoms with Gasteiger partial charge in [-0.3, -0.25) is 4.79 Å². The second-order valence-corrected chi connectivity index (χ2v) is 6.42. The molecule has 0 aliphatic rings. The van der Waals surface area contributed by atoms with E-state index in [1.54, 1.807) is 19.1 Å². The molecule has 106 valence electrons. The average Bonchev–Trinajstić information content (AvgIpc) is 2.77. The van der Waals surface area contributed by atoms with Crippen molar-refractivity contribution in [3.05, 3.63) is 46.3 Å². The lowest BCUT2D eigenvalue weighted by Gasteiger charge is -2.08. The van der Waals surface area contributed by atoms with E-state index in [0.29, 0.717) is 15.9 Å². The summed E-state index contributed by atoms with van der Waals surface area (Å²) in [6, 6.07) is 7.33. The molecule has 3 N–H and O–H groups in total. The minimum atomic E-state index is -3.82. The third-order valence-electron chi connectivity index (χ3n) is 2.58. The number of furan rings is 1. The molecule has 0 bridgehead atoms. The number of sulfonamides is 1. The number of carbonyl (C=O) groups excluding carboxylic acids is 1. The van der Waals surface area contributed by atoms with Crippen LogP contribution >= 0.6 is 15.9 Å². The maximum absolute atomic E-state index is 11.9. The van der Waals surface area contributed by atoms with Crippen molar-refractivity contribution < 1.29 is 17.6 Å². The summed E-state index contributed by atoms with van der Waals surface area (Å²) in [6.45, 7) is 1.74. The Kier molecular flexibility index (Phi) is 3.98. The molecule has 0 unspecified atom stereocenters. The number of rotatable bonds is 3. The molecule has 0 spiro atoms. The third-order valence-corrected chi connectivity index (χ3v) is 3.92. The van der Waals surface area contributed by atoms with Gasteiger partial charge in [0.1, 0.15) is 0 Å². The van der Waals surface area contributed by atoms with Gasteiger partial charge < -0.3 is 9.73 Å². The topological polar surface area (TPSA) is 102 Å². The molecule has 20 heavy (non-hydrogen) atoms. The molecular weight excluding hydrogens is 348 g/mol. The summed E-state index contributed by atoms with van der Waals surface area (Å²) in [4.78, 5) is 11.9. The fourth-order valence-electron chi connectivity index (χ4n) is 1.53. The Morgan fingerprint density at radius 2 is 2.00 bits per heavy atom. The summed E-state index contributed by atoms with van der Waals surface area (Å²) < 4.78 is 28.1. The van der Waals surface area contributed by atoms with Crippen LogP contribution in [0.3, 0.4) is 0 Å². The Balaban J connectivity index is 2.31. The molecule has 0 aliphatic heterocycles. The van der Waals surface area contributed by atoms with E-state index in [2.05, 4.69) is 21.2 Å². The van der Waals surface area contributed by atoms with Gasteiger partial charge in [0.05, 0.1) is 4.90 Å². The largest absolute Gasteiger partial charge is 0.444 e. The van der Waals surface area contributed by atoms with E-state index in [9.17, 15) is 13.2 Å². The summed E-state index contributed by atoms with van der Waals surface area (Å²) in [5.74, 6) is -0.373. The number of nitrogens with one attached hydrogen (secondary N) is 1. The summed E-state index contributed by atoms with van der Waals surface area (Å²) in [6.07, 6.45) is 0. The normalized spacial score (nSPS) is 11.3. The lowest BCUT2D eigenvalue weighted by Crippen LogP contribution is -2.15. The summed E-state index contributed by atoms with van der Waals surface area (Å²) >= 11 is 3.10. The van der Waals surface area contributed by atoms with Gasteiger partial charge >= 0.3 is 0 Å². The lowest BCUT2D eigenvalue weighted by molar-refractivity contribution is 0.0995. The predicted molar refractivity (Wildman–Crippen MR) is 76.9 cm³/mol. The molecule has 0 aliphatic carbocycles. The molecule has 6 nitrogen and oxygen atoms in total. The number of nitrogens with two attached hydrogens (primary N) is 1. The van der Waals surface area contributed by atoms with Crippen molar-refractivity contribution >= 4 is 37.5 Å². The Hall–Kier alpha value is -1.64. The third kappa shape index (κ3) is 3.27. The molecule has 8 heteroatoms. The monoisotopic (exact) mass is 358 g/mol. The van der Waals surface area contributed by atoms with E-state index in [1.165, 1.54) is 18.2 Å². The molecule has 2 aromatic rings. The maximum atomic E-state index is 11.9. The minimum Gasteiger partial charge on any atom is -0.444 e. The molecule has 1 heterocycles. The smallest absolute Gasteiger partial charge is 0.291 e. The van der Waals surface area contributed by atoms with E-state index in [1.807, 2.05) is 0 Å². The molecule has 1 aromatic carbocycles. The van der Waals surface area contributed by atoms with Crippen LogP contribution in [0.15, 0.2) is 44.3 Å². The molecule has 1 amide bonds. The van der Waals surface area contributed by atoms with Crippen molar-refractivity contribution in [2.24, 2.45) is 5.14 Å². The molecule has 0 saturated heterocycles. The molecule has 0 fully saturated rings. The van der Waals surface area contributed by atoms with Crippen LogP contribution in [0, 0.1) is 6.92 Å². The van der Waals surface area contributed by atoms with Crippen LogP contribution in [-0.4, -0.2) is 14.3 Å². The van der Waals surface area contributed by atoms with Gasteiger partial charge in [-0.1, -0.05) is 6.07 Å². The number of benzene rings is 1. The van der Waals surface area contributed by atoms with Gasteiger partial charge in [0.25, 0.3) is 5.91 Å². The van der Waals surface area contributed by atoms with Crippen molar-refractivity contribution in [1.82, 2.24) is 0 Å². The number of anilines is 1. The Bertz CT molecular complexity index is 768. The van der Waals surface area contributed by atoms with Gasteiger partial charge in [-0.15, -0.1) is 0 Å². The van der Waals surface area contributed by atoms with Crippen LogP contribution < -0.4 is 10.5 Å². The quantitative estimate of drug-likeness (QED) is 0.877. The van der Waals surface area contributed by atoms with Crippen molar-refractivity contribution in [3.63, 3.8) is 0 Å². The minimum absolute atomic E-state index is 0.0703. The predicted octanol–water partition coefficient (Wildman–Crippen LogP) is 2.25. The number of halogens is 1. The number of hydrogen-bond acceptors (Lipinski definition) is 4. The molecule has 0 radical (unpaired) electrons. The highest BCUT2D eigenvalue weighted by atomic mass is 79.9. The fourth-order valence-corrected chi connectivity index (χ4v) is 2.38. The highest BCUT2D eigenvalue weighted by Crippen LogP contribution is 2.21. The zero-order chi connectivity index (χ0) is 14.9. The maximum Gasteiger partial charge on any atom is 0.291 e. The van der Waals surface area contributed by atoms with E-state index < -0.39 is 15.9 Å². The molecule has 1 aromatic heterocycles. The van der Waals surface area contributed by atoms with E-state index in [4.69, 9.17) is 9.56 Å². The number of amides is 1. The first-order valence-corrected chi connectivity index (χ1v) is 7.81. The SMILES string of the molecule is Cc1ccc(S(N)(=O)=O)cc1NC(=O)c1ccc(Br)o1. The van der Waals surface area contributed by atoms with Crippen molar-refractivity contribution in [1.29, 1.82) is 0 Å². The summed E-state index contributed by atoms with van der Waals surface area (Å²) in [7, 11) is -3.82. The van der Waals surface area contributed by atoms with E-state index >= 15 is 0 Å². The van der Waals surface area contributed by atoms with Crippen LogP contribution in [0.2, 0.25) is 0 Å². The summed E-state index contributed by atoms with van der Waals surface area (Å²) in [5.41, 5.74) is 1.06. The summed E-state index contributed by atoms with van der Waals surface area (Å²) in [5, 5.41) is 7.63. The first kappa shape index (κ1) is 14.8. The van der Waals surface area contributed by atoms with Crippen molar-refractivity contribution in [2.45, 2.75) is 11.8 Å². The van der Waals surface area contributed by atoms with E-state index in [-0.39, 0.29) is 10.7 Å². The van der Waals surface area contributed by atoms with Crippen LogP contribution in [0.25, 0.3) is 0 Å². The second-order valence-electron chi connectivity index (χ2n) is 4.08. The number of carbonyl (C=O) groups is 1. The highest BCUT2D eigenvalue weighted by Gasteiger charge is 2.14. The van der Waals surface area contributed by atoms with Crippen molar-refractivity contribution in [3.8, 4) is 0 Å². The van der Waals surface area contributed by atoms with Crippen LogP contribution in [0.4, 0.5) is 5.69 Å². The number of hydrogen-bond donors (Lipinski definition) is 2. The van der Waals surface area contributed by atoms with Gasteiger partial charge in [0, 0.05) is 5.69 Å². The van der Waals surface area contributed by atoms with Crippen LogP contribution in [-0.2, 0) is 10.0 Å². The molecule has 0 saturated carbocycles. The van der Waals surface area contributed by atoms with E-state index in [0.717, 1.165) is 0 Å². The molecular formula is C12H11BrN2O4S. The van der Waals surface area contributed by atoms with Gasteiger partial charge in [0.15, 0.2) is 10.4 Å². The Morgan fingerprint density at radius 3 is 2.55 bits per heavy atom. The van der Waals surface area contributed by atoms with Crippen molar-refractivity contribution in [2.75, 3.05) is 5.32 Å². The Labute approximate surface area is 124 Å². The first-order chi connectivity index (χ1) is 9.27. The molecule has 2 rings (SSSR count). The standard InChI is InChI=1S/C12H11BrN2O4S/c1-7-2-3-8(20(14,17)18)6-9(7)15-12(16)10-4-5-11(13)19-10/h2-6H,1H3,(H,15,16)(H2,14,17,18). The highest BCUT2D eigenvalue weighted by molar-refractivity contribution is 9.10. The fraction of sp³-hybridized carbons (Fsp3) is 0.0833. The van der Waals surface area contributed by atoms with Gasteiger partial charge in [0.2, 0.25) is 10.0 Å². The van der Waals surface area contributed by atoms with Gasteiger partial charge in [-0.2, -0.15) is 0 Å². The van der Waals surface area contributed by atoms with Crippen LogP contribution in [0.1, 0.15) is 16.1 Å². The Morgan fingerprint density at radius 1 is 1.30 bits per heavy atom. The average molecular weight is 359 g/mol. The van der Waals surface area contributed by atoms with Gasteiger partial charge in [-0.25, -0.2) is 13.6 Å². The number of primary sulfonamides is 1. The zero-order valence-corrected chi connectivity index (χ0v) is 12.8. The lowest BCUT2D eigenvalue weighted by atomic mass is 10.2. The molecule has 0 atom stereocenters. The number of aryl methyl sites for hydroxylation is 1. The second kappa shape index (κ2) is 5.39. The first-order valence-electron chi connectivity index (χ1n) is 5.47. The van der Waals surface area contributed by atoms with Crippen LogP contribution in [0.5, 0.6) is 0 Å². The zero-order valence-electron chi connectivity index (χ0n) is 10.4. The van der Waals surface area contributed by atoms with Gasteiger partial charge in [-0.05, 0) is 52.7 Å².